The Morgan fingerprint density at radius 1 is 1.19 bits per heavy atom. The first-order valence-electron chi connectivity index (χ1n) is 8.39. The van der Waals surface area contributed by atoms with Crippen molar-refractivity contribution in [3.8, 4) is 5.75 Å². The predicted molar refractivity (Wildman–Crippen MR) is 105 cm³/mol. The Kier molecular flexibility index (Phi) is 6.69. The van der Waals surface area contributed by atoms with Crippen molar-refractivity contribution in [1.82, 2.24) is 5.32 Å². The molecule has 0 aliphatic carbocycles. The maximum absolute atomic E-state index is 12.2. The van der Waals surface area contributed by atoms with Gasteiger partial charge in [0.2, 0.25) is 0 Å². The van der Waals surface area contributed by atoms with E-state index in [-0.39, 0.29) is 28.1 Å². The maximum Gasteiger partial charge on any atom is 0.342 e. The zero-order valence-electron chi connectivity index (χ0n) is 15.8. The second-order valence-electron chi connectivity index (χ2n) is 6.28. The molecule has 2 rings (SSSR count). The van der Waals surface area contributed by atoms with Crippen LogP contribution >= 0.6 is 11.6 Å². The average Bonchev–Trinajstić information content (AvgIpc) is 2.63. The Labute approximate surface area is 163 Å². The largest absolute Gasteiger partial charge is 0.496 e. The fraction of sp³-hybridized carbons (Fsp3) is 0.300. The highest BCUT2D eigenvalue weighted by atomic mass is 35.5. The molecule has 0 saturated heterocycles. The van der Waals surface area contributed by atoms with Gasteiger partial charge in [-0.2, -0.15) is 0 Å². The van der Waals surface area contributed by atoms with E-state index in [1.54, 1.807) is 0 Å². The molecule has 144 valence electrons. The third kappa shape index (κ3) is 5.14. The number of methoxy groups -OCH3 is 1. The highest BCUT2D eigenvalue weighted by molar-refractivity contribution is 6.33. The minimum absolute atomic E-state index is 0.103. The van der Waals surface area contributed by atoms with E-state index >= 15 is 0 Å². The number of ether oxygens (including phenoxy) is 2. The van der Waals surface area contributed by atoms with E-state index in [0.717, 1.165) is 11.1 Å². The second kappa shape index (κ2) is 8.77. The number of nitrogen functional groups attached to an aromatic ring is 1. The van der Waals surface area contributed by atoms with Gasteiger partial charge in [-0.1, -0.05) is 29.8 Å². The summed E-state index contributed by atoms with van der Waals surface area (Å²) < 4.78 is 10.2. The van der Waals surface area contributed by atoms with Crippen molar-refractivity contribution < 1.29 is 19.1 Å². The fourth-order valence-electron chi connectivity index (χ4n) is 2.51. The molecule has 2 aromatic rings. The number of hydrogen-bond donors (Lipinski definition) is 2. The van der Waals surface area contributed by atoms with E-state index in [2.05, 4.69) is 5.32 Å². The molecule has 0 radical (unpaired) electrons. The molecule has 0 saturated carbocycles. The lowest BCUT2D eigenvalue weighted by Crippen LogP contribution is -2.31. The van der Waals surface area contributed by atoms with Crippen LogP contribution in [0.3, 0.4) is 0 Å². The van der Waals surface area contributed by atoms with Crippen molar-refractivity contribution in [2.24, 2.45) is 0 Å². The summed E-state index contributed by atoms with van der Waals surface area (Å²) in [5.74, 6) is -0.900. The van der Waals surface area contributed by atoms with Gasteiger partial charge in [0.15, 0.2) is 6.61 Å². The van der Waals surface area contributed by atoms with Crippen molar-refractivity contribution in [3.05, 3.63) is 57.6 Å². The van der Waals surface area contributed by atoms with Gasteiger partial charge in [0.05, 0.1) is 23.9 Å². The molecule has 0 heterocycles. The Morgan fingerprint density at radius 2 is 1.89 bits per heavy atom. The lowest BCUT2D eigenvalue weighted by atomic mass is 10.0. The molecule has 1 atom stereocenters. The first kappa shape index (κ1) is 20.6. The van der Waals surface area contributed by atoms with Crippen molar-refractivity contribution in [3.63, 3.8) is 0 Å². The van der Waals surface area contributed by atoms with Crippen LogP contribution < -0.4 is 15.8 Å². The summed E-state index contributed by atoms with van der Waals surface area (Å²) >= 11 is 5.94. The third-order valence-corrected chi connectivity index (χ3v) is 4.61. The summed E-state index contributed by atoms with van der Waals surface area (Å²) in [5, 5.41) is 3.01. The number of carbonyl (C=O) groups excluding carboxylic acids is 2. The summed E-state index contributed by atoms with van der Waals surface area (Å²) in [6, 6.07) is 8.56. The van der Waals surface area contributed by atoms with Gasteiger partial charge in [-0.15, -0.1) is 0 Å². The highest BCUT2D eigenvalue weighted by Crippen LogP contribution is 2.29. The number of esters is 1. The highest BCUT2D eigenvalue weighted by Gasteiger charge is 2.18. The van der Waals surface area contributed by atoms with Crippen LogP contribution in [0.5, 0.6) is 5.75 Å². The van der Waals surface area contributed by atoms with Crippen LogP contribution in [-0.4, -0.2) is 25.6 Å². The van der Waals surface area contributed by atoms with Gasteiger partial charge >= 0.3 is 5.97 Å². The smallest absolute Gasteiger partial charge is 0.342 e. The molecule has 0 aliphatic heterocycles. The standard InChI is InChI=1S/C20H23ClN2O4/c1-11-5-6-14(7-12(11)2)13(3)23-19(24)10-27-20(25)15-8-16(21)17(22)9-18(15)26-4/h5-9,13H,10,22H2,1-4H3,(H,23,24)/t13-/m0/s1. The monoisotopic (exact) mass is 390 g/mol. The first-order chi connectivity index (χ1) is 12.7. The molecule has 0 fully saturated rings. The van der Waals surface area contributed by atoms with Crippen LogP contribution in [0.2, 0.25) is 5.02 Å². The number of anilines is 1. The molecule has 6 nitrogen and oxygen atoms in total. The maximum atomic E-state index is 12.2. The number of nitrogens with one attached hydrogen (secondary N) is 1. The molecule has 0 aromatic heterocycles. The Bertz CT molecular complexity index is 867. The second-order valence-corrected chi connectivity index (χ2v) is 6.69. The van der Waals surface area contributed by atoms with E-state index < -0.39 is 18.5 Å². The summed E-state index contributed by atoms with van der Waals surface area (Å²) in [4.78, 5) is 24.4. The van der Waals surface area contributed by atoms with Gasteiger partial charge < -0.3 is 20.5 Å². The van der Waals surface area contributed by atoms with Gasteiger partial charge in [0.1, 0.15) is 11.3 Å². The molecule has 27 heavy (non-hydrogen) atoms. The summed E-state index contributed by atoms with van der Waals surface area (Å²) in [5.41, 5.74) is 9.38. The quantitative estimate of drug-likeness (QED) is 0.581. The number of halogens is 1. The van der Waals surface area contributed by atoms with Crippen molar-refractivity contribution in [1.29, 1.82) is 0 Å². The van der Waals surface area contributed by atoms with Crippen LogP contribution in [0.15, 0.2) is 30.3 Å². The number of aryl methyl sites for hydroxylation is 2. The number of amides is 1. The van der Waals surface area contributed by atoms with E-state index in [9.17, 15) is 9.59 Å². The molecular formula is C20H23ClN2O4. The average molecular weight is 391 g/mol. The summed E-state index contributed by atoms with van der Waals surface area (Å²) in [6.45, 7) is 5.49. The zero-order chi connectivity index (χ0) is 20.1. The van der Waals surface area contributed by atoms with Gasteiger partial charge in [-0.25, -0.2) is 4.79 Å². The predicted octanol–water partition coefficient (Wildman–Crippen LogP) is 3.58. The molecule has 0 unspecified atom stereocenters. The molecule has 3 N–H and O–H groups in total. The number of hydrogen-bond acceptors (Lipinski definition) is 5. The van der Waals surface area contributed by atoms with Gasteiger partial charge in [0, 0.05) is 6.07 Å². The molecular weight excluding hydrogens is 368 g/mol. The number of benzene rings is 2. The molecule has 7 heteroatoms. The molecule has 0 aliphatic rings. The SMILES string of the molecule is COc1cc(N)c(Cl)cc1C(=O)OCC(=O)N[C@@H](C)c1ccc(C)c(C)c1. The van der Waals surface area contributed by atoms with Gasteiger partial charge in [0.25, 0.3) is 5.91 Å². The van der Waals surface area contributed by atoms with Gasteiger partial charge in [-0.3, -0.25) is 4.79 Å². The first-order valence-corrected chi connectivity index (χ1v) is 8.77. The molecule has 0 bridgehead atoms. The van der Waals surface area contributed by atoms with E-state index in [0.29, 0.717) is 0 Å². The van der Waals surface area contributed by atoms with Crippen LogP contribution in [-0.2, 0) is 9.53 Å². The van der Waals surface area contributed by atoms with Crippen LogP contribution in [0, 0.1) is 13.8 Å². The van der Waals surface area contributed by atoms with Crippen LogP contribution in [0.25, 0.3) is 0 Å². The molecule has 0 spiro atoms. The normalized spacial score (nSPS) is 11.6. The Hall–Kier alpha value is -2.73. The van der Waals surface area contributed by atoms with Crippen molar-refractivity contribution in [2.45, 2.75) is 26.8 Å². The third-order valence-electron chi connectivity index (χ3n) is 4.28. The van der Waals surface area contributed by atoms with Crippen molar-refractivity contribution >= 4 is 29.2 Å². The lowest BCUT2D eigenvalue weighted by Gasteiger charge is -2.16. The van der Waals surface area contributed by atoms with Crippen LogP contribution in [0.1, 0.15) is 40.0 Å². The van der Waals surface area contributed by atoms with E-state index in [4.69, 9.17) is 26.8 Å². The number of rotatable bonds is 6. The minimum Gasteiger partial charge on any atom is -0.496 e. The fourth-order valence-corrected chi connectivity index (χ4v) is 2.67. The minimum atomic E-state index is -0.720. The molecule has 2 aromatic carbocycles. The van der Waals surface area contributed by atoms with E-state index in [1.165, 1.54) is 24.8 Å². The van der Waals surface area contributed by atoms with E-state index in [1.807, 2.05) is 39.0 Å². The van der Waals surface area contributed by atoms with Crippen molar-refractivity contribution in [2.75, 3.05) is 19.5 Å². The summed E-state index contributed by atoms with van der Waals surface area (Å²) in [7, 11) is 1.40. The summed E-state index contributed by atoms with van der Waals surface area (Å²) in [6.07, 6.45) is 0. The van der Waals surface area contributed by atoms with Gasteiger partial charge in [-0.05, 0) is 43.5 Å². The Balaban J connectivity index is 1.98. The topological polar surface area (TPSA) is 90.7 Å². The number of carbonyl (C=O) groups is 2. The van der Waals surface area contributed by atoms with Crippen LogP contribution in [0.4, 0.5) is 5.69 Å². The lowest BCUT2D eigenvalue weighted by molar-refractivity contribution is -0.124. The number of nitrogens with two attached hydrogens (primary N) is 1. The zero-order valence-corrected chi connectivity index (χ0v) is 16.5. The Morgan fingerprint density at radius 3 is 2.52 bits per heavy atom. The molecule has 1 amide bonds.